The summed E-state index contributed by atoms with van der Waals surface area (Å²) in [7, 11) is 4.24. The van der Waals surface area contributed by atoms with Crippen LogP contribution in [0.1, 0.15) is 181 Å². The Bertz CT molecular complexity index is 807. The van der Waals surface area contributed by atoms with Crippen molar-refractivity contribution in [2.75, 3.05) is 27.2 Å². The van der Waals surface area contributed by atoms with Gasteiger partial charge in [0, 0.05) is 19.4 Å². The third kappa shape index (κ3) is 20.4. The number of ether oxygens (including phenoxy) is 3. The zero-order valence-electron chi connectivity index (χ0n) is 32.0. The molecule has 0 radical (unpaired) electrons. The van der Waals surface area contributed by atoms with E-state index < -0.39 is 5.79 Å². The largest absolute Gasteiger partial charge is 0.371 e. The van der Waals surface area contributed by atoms with Crippen LogP contribution in [0.5, 0.6) is 0 Å². The number of hydrogen-bond donors (Lipinski definition) is 0. The Hall–Kier alpha value is -0.940. The highest BCUT2D eigenvalue weighted by Gasteiger charge is 2.53. The van der Waals surface area contributed by atoms with Crippen LogP contribution in [-0.4, -0.2) is 56.2 Å². The topological polar surface area (TPSA) is 30.9 Å². The molecule has 0 aromatic carbocycles. The van der Waals surface area contributed by atoms with E-state index in [0.29, 0.717) is 6.61 Å². The van der Waals surface area contributed by atoms with E-state index in [4.69, 9.17) is 14.2 Å². The van der Waals surface area contributed by atoms with Gasteiger partial charge in [0.1, 0.15) is 12.2 Å². The van der Waals surface area contributed by atoms with Gasteiger partial charge in [-0.15, -0.1) is 0 Å². The fourth-order valence-electron chi connectivity index (χ4n) is 7.22. The quantitative estimate of drug-likeness (QED) is 0.0548. The summed E-state index contributed by atoms with van der Waals surface area (Å²) >= 11 is 0. The molecule has 2 aliphatic rings. The van der Waals surface area contributed by atoms with E-state index in [1.165, 1.54) is 141 Å². The molecule has 4 heteroatoms. The van der Waals surface area contributed by atoms with E-state index in [2.05, 4.69) is 76.2 Å². The van der Waals surface area contributed by atoms with Crippen molar-refractivity contribution in [2.45, 2.75) is 205 Å². The third-order valence-electron chi connectivity index (χ3n) is 10.1. The van der Waals surface area contributed by atoms with Gasteiger partial charge in [-0.25, -0.2) is 0 Å². The molecule has 2 fully saturated rings. The lowest BCUT2D eigenvalue weighted by molar-refractivity contribution is -0.209. The summed E-state index contributed by atoms with van der Waals surface area (Å²) in [6, 6.07) is 0. The van der Waals surface area contributed by atoms with Crippen LogP contribution in [0.2, 0.25) is 0 Å². The van der Waals surface area contributed by atoms with Crippen molar-refractivity contribution in [2.24, 2.45) is 5.92 Å². The summed E-state index contributed by atoms with van der Waals surface area (Å²) in [5, 5.41) is 0. The molecular formula is C43H79NO3. The van der Waals surface area contributed by atoms with Crippen molar-refractivity contribution in [3.05, 3.63) is 36.5 Å². The molecule has 0 saturated carbocycles. The predicted molar refractivity (Wildman–Crippen MR) is 204 cm³/mol. The average molecular weight is 658 g/mol. The van der Waals surface area contributed by atoms with Gasteiger partial charge in [0.2, 0.25) is 0 Å². The van der Waals surface area contributed by atoms with E-state index in [0.717, 1.165) is 31.7 Å². The van der Waals surface area contributed by atoms with E-state index in [-0.39, 0.29) is 18.3 Å². The fourth-order valence-corrected chi connectivity index (χ4v) is 7.22. The second-order valence-electron chi connectivity index (χ2n) is 15.2. The van der Waals surface area contributed by atoms with Crippen LogP contribution in [0.15, 0.2) is 36.5 Å². The number of hydrogen-bond acceptors (Lipinski definition) is 4. The van der Waals surface area contributed by atoms with Crippen molar-refractivity contribution in [3.8, 4) is 0 Å². The lowest BCUT2D eigenvalue weighted by Crippen LogP contribution is -2.38. The van der Waals surface area contributed by atoms with Gasteiger partial charge in [0.05, 0.1) is 12.7 Å². The molecule has 274 valence electrons. The Labute approximate surface area is 293 Å². The Morgan fingerprint density at radius 2 is 1.17 bits per heavy atom. The van der Waals surface area contributed by atoms with Gasteiger partial charge in [-0.1, -0.05) is 141 Å². The van der Waals surface area contributed by atoms with Gasteiger partial charge in [0.15, 0.2) is 5.79 Å². The molecule has 2 aliphatic heterocycles. The number of nitrogens with zero attached hydrogens (tertiary/aromatic N) is 1. The summed E-state index contributed by atoms with van der Waals surface area (Å²) in [5.41, 5.74) is 0. The van der Waals surface area contributed by atoms with Crippen LogP contribution in [0, 0.1) is 5.92 Å². The van der Waals surface area contributed by atoms with Crippen molar-refractivity contribution in [1.82, 2.24) is 4.90 Å². The third-order valence-corrected chi connectivity index (χ3v) is 10.1. The van der Waals surface area contributed by atoms with Crippen molar-refractivity contribution in [1.29, 1.82) is 0 Å². The molecule has 0 bridgehead atoms. The van der Waals surface area contributed by atoms with Gasteiger partial charge in [0.25, 0.3) is 0 Å². The first-order chi connectivity index (χ1) is 23.0. The first-order valence-electron chi connectivity index (χ1n) is 20.6. The highest BCUT2D eigenvalue weighted by atomic mass is 16.8. The van der Waals surface area contributed by atoms with E-state index in [1.54, 1.807) is 0 Å². The molecule has 0 spiro atoms. The number of fused-ring (bicyclic) bond motifs is 1. The molecule has 0 aromatic rings. The first-order valence-corrected chi connectivity index (χ1v) is 20.6. The van der Waals surface area contributed by atoms with Gasteiger partial charge in [-0.2, -0.15) is 0 Å². The monoisotopic (exact) mass is 658 g/mol. The highest BCUT2D eigenvalue weighted by Crippen LogP contribution is 2.42. The molecule has 0 amide bonds. The maximum Gasteiger partial charge on any atom is 0.169 e. The zero-order chi connectivity index (χ0) is 33.8. The minimum atomic E-state index is -0.391. The Morgan fingerprint density at radius 3 is 1.77 bits per heavy atom. The number of rotatable bonds is 31. The van der Waals surface area contributed by atoms with Gasteiger partial charge in [-0.3, -0.25) is 0 Å². The Morgan fingerprint density at radius 1 is 0.638 bits per heavy atom. The highest BCUT2D eigenvalue weighted by molar-refractivity contribution is 4.96. The van der Waals surface area contributed by atoms with Crippen molar-refractivity contribution in [3.63, 3.8) is 0 Å². The Balaban J connectivity index is 1.61. The van der Waals surface area contributed by atoms with Crippen LogP contribution >= 0.6 is 0 Å². The predicted octanol–water partition coefficient (Wildman–Crippen LogP) is 12.5. The van der Waals surface area contributed by atoms with Gasteiger partial charge >= 0.3 is 0 Å². The molecule has 5 unspecified atom stereocenters. The maximum absolute atomic E-state index is 6.84. The maximum atomic E-state index is 6.84. The standard InChI is InChI=1S/C43H79NO3/c1-6-8-10-12-13-14-15-16-17-18-19-20-21-23-27-31-35-43(46-41-38-45-40(37-44(4)5)42(41)47-43)36-32-28-24-22-26-30-34-39(3)33-29-25-11-9-7-2/h13-14,16-17,29,33,39-42H,6-12,15,18-28,30-32,34-38H2,1-5H3/b14-13-,17-16-,33-29+. The fraction of sp³-hybridized carbons (Fsp3) is 0.860. The van der Waals surface area contributed by atoms with Crippen LogP contribution in [-0.2, 0) is 14.2 Å². The molecule has 0 N–H and O–H groups in total. The van der Waals surface area contributed by atoms with Crippen molar-refractivity contribution < 1.29 is 14.2 Å². The molecule has 2 heterocycles. The summed E-state index contributed by atoms with van der Waals surface area (Å²) in [6.07, 6.45) is 46.6. The number of unbranched alkanes of at least 4 members (excludes halogenated alkanes) is 17. The molecule has 5 atom stereocenters. The normalized spacial score (nSPS) is 23.7. The molecular weight excluding hydrogens is 578 g/mol. The number of likely N-dealkylation sites (N-methyl/N-ethyl adjacent to an activating group) is 1. The second kappa shape index (κ2) is 27.8. The van der Waals surface area contributed by atoms with Gasteiger partial charge in [-0.05, 0) is 84.2 Å². The van der Waals surface area contributed by atoms with E-state index in [9.17, 15) is 0 Å². The lowest BCUT2D eigenvalue weighted by Gasteiger charge is -2.31. The van der Waals surface area contributed by atoms with Crippen LogP contribution in [0.4, 0.5) is 0 Å². The lowest BCUT2D eigenvalue weighted by atomic mass is 9.98. The minimum Gasteiger partial charge on any atom is -0.371 e. The average Bonchev–Trinajstić information content (AvgIpc) is 3.59. The molecule has 2 rings (SSSR count). The SMILES string of the molecule is CCCCC/C=C\C/C=C\CCCCCCCCC1(CCCCCCCCC(C)/C=C/CCCCC)OC2COC(CN(C)C)C2O1. The van der Waals surface area contributed by atoms with E-state index >= 15 is 0 Å². The first kappa shape index (κ1) is 42.2. The smallest absolute Gasteiger partial charge is 0.169 e. The molecule has 2 saturated heterocycles. The molecule has 47 heavy (non-hydrogen) atoms. The molecule has 4 nitrogen and oxygen atoms in total. The van der Waals surface area contributed by atoms with Gasteiger partial charge < -0.3 is 19.1 Å². The second-order valence-corrected chi connectivity index (χ2v) is 15.2. The number of allylic oxidation sites excluding steroid dienone is 6. The summed E-state index contributed by atoms with van der Waals surface area (Å²) in [5.74, 6) is 0.338. The summed E-state index contributed by atoms with van der Waals surface area (Å²) < 4.78 is 19.7. The van der Waals surface area contributed by atoms with Crippen LogP contribution < -0.4 is 0 Å². The van der Waals surface area contributed by atoms with Crippen LogP contribution in [0.25, 0.3) is 0 Å². The zero-order valence-corrected chi connectivity index (χ0v) is 32.0. The summed E-state index contributed by atoms with van der Waals surface area (Å²) in [6.45, 7) is 8.52. The molecule has 0 aromatic heterocycles. The minimum absolute atomic E-state index is 0.0877. The van der Waals surface area contributed by atoms with Crippen LogP contribution in [0.3, 0.4) is 0 Å². The Kier molecular flexibility index (Phi) is 25.0. The molecule has 0 aliphatic carbocycles. The van der Waals surface area contributed by atoms with E-state index in [1.807, 2.05) is 0 Å². The summed E-state index contributed by atoms with van der Waals surface area (Å²) in [4.78, 5) is 2.21. The van der Waals surface area contributed by atoms with Crippen molar-refractivity contribution >= 4 is 0 Å².